The van der Waals surface area contributed by atoms with Crippen molar-refractivity contribution < 1.29 is 24.5 Å². The van der Waals surface area contributed by atoms with E-state index in [1.807, 2.05) is 30.3 Å². The van der Waals surface area contributed by atoms with Crippen LogP contribution in [-0.4, -0.2) is 47.5 Å². The van der Waals surface area contributed by atoms with Crippen LogP contribution in [0.1, 0.15) is 19.4 Å². The Morgan fingerprint density at radius 3 is 2.68 bits per heavy atom. The Kier molecular flexibility index (Phi) is 5.39. The fourth-order valence-corrected chi connectivity index (χ4v) is 2.77. The zero-order valence-electron chi connectivity index (χ0n) is 12.9. The van der Waals surface area contributed by atoms with Gasteiger partial charge >= 0.3 is 6.09 Å². The molecule has 1 aliphatic rings. The van der Waals surface area contributed by atoms with Crippen LogP contribution in [0.3, 0.4) is 0 Å². The van der Waals surface area contributed by atoms with Crippen LogP contribution in [0.25, 0.3) is 0 Å². The average molecular weight is 309 g/mol. The molecule has 0 bridgehead atoms. The van der Waals surface area contributed by atoms with E-state index in [4.69, 9.17) is 14.6 Å². The molecule has 3 unspecified atom stereocenters. The van der Waals surface area contributed by atoms with Gasteiger partial charge in [-0.1, -0.05) is 30.3 Å². The molecule has 0 spiro atoms. The van der Waals surface area contributed by atoms with Gasteiger partial charge in [-0.15, -0.1) is 0 Å². The van der Waals surface area contributed by atoms with Gasteiger partial charge in [0.05, 0.1) is 19.3 Å². The van der Waals surface area contributed by atoms with Gasteiger partial charge in [0.1, 0.15) is 0 Å². The van der Waals surface area contributed by atoms with Crippen LogP contribution in [0, 0.1) is 5.92 Å². The molecule has 1 amide bonds. The van der Waals surface area contributed by atoms with Gasteiger partial charge in [-0.25, -0.2) is 4.79 Å². The van der Waals surface area contributed by atoms with Gasteiger partial charge in [0.15, 0.2) is 5.79 Å². The predicted molar refractivity (Wildman–Crippen MR) is 80.6 cm³/mol. The highest BCUT2D eigenvalue weighted by atomic mass is 16.7. The lowest BCUT2D eigenvalue weighted by Crippen LogP contribution is -2.55. The second-order valence-electron chi connectivity index (χ2n) is 5.96. The van der Waals surface area contributed by atoms with Crippen molar-refractivity contribution in [2.24, 2.45) is 5.92 Å². The van der Waals surface area contributed by atoms with Gasteiger partial charge in [0.25, 0.3) is 0 Å². The summed E-state index contributed by atoms with van der Waals surface area (Å²) in [7, 11) is 0. The lowest BCUT2D eigenvalue weighted by atomic mass is 9.88. The third kappa shape index (κ3) is 4.43. The van der Waals surface area contributed by atoms with Crippen molar-refractivity contribution in [1.82, 2.24) is 5.32 Å². The molecule has 3 N–H and O–H groups in total. The van der Waals surface area contributed by atoms with Crippen molar-refractivity contribution in [3.05, 3.63) is 35.9 Å². The maximum Gasteiger partial charge on any atom is 0.404 e. The number of benzene rings is 1. The number of nitrogens with one attached hydrogen (secondary N) is 1. The molecule has 122 valence electrons. The van der Waals surface area contributed by atoms with E-state index in [1.54, 1.807) is 13.8 Å². The molecule has 1 saturated heterocycles. The van der Waals surface area contributed by atoms with Crippen molar-refractivity contribution in [1.29, 1.82) is 0 Å². The first-order valence-electron chi connectivity index (χ1n) is 7.37. The topological polar surface area (TPSA) is 88.0 Å². The maximum atomic E-state index is 11.1. The molecular weight excluding hydrogens is 286 g/mol. The molecule has 0 radical (unpaired) electrons. The SMILES string of the molecule is CC1(C)OCC(C(Cc2ccccc2)NC(=O)O)C(CO)O1. The lowest BCUT2D eigenvalue weighted by Gasteiger charge is -2.43. The number of hydrogen-bond donors (Lipinski definition) is 3. The summed E-state index contributed by atoms with van der Waals surface area (Å²) < 4.78 is 11.4. The number of carbonyl (C=O) groups is 1. The van der Waals surface area contributed by atoms with Crippen LogP contribution in [0.15, 0.2) is 30.3 Å². The Hall–Kier alpha value is -1.63. The minimum absolute atomic E-state index is 0.177. The molecule has 2 rings (SSSR count). The van der Waals surface area contributed by atoms with E-state index in [2.05, 4.69) is 5.32 Å². The lowest BCUT2D eigenvalue weighted by molar-refractivity contribution is -0.300. The molecule has 22 heavy (non-hydrogen) atoms. The summed E-state index contributed by atoms with van der Waals surface area (Å²) in [6.07, 6.45) is -1.05. The summed E-state index contributed by atoms with van der Waals surface area (Å²) in [4.78, 5) is 11.1. The number of carboxylic acid groups (broad SMARTS) is 1. The predicted octanol–water partition coefficient (Wildman–Crippen LogP) is 1.63. The highest BCUT2D eigenvalue weighted by Crippen LogP contribution is 2.29. The standard InChI is InChI=1S/C16H23NO5/c1-16(2)21-10-12(14(9-18)22-16)13(17-15(19)20)8-11-6-4-3-5-7-11/h3-7,12-14,17-18H,8-10H2,1-2H3,(H,19,20). The maximum absolute atomic E-state index is 11.1. The molecule has 1 fully saturated rings. The van der Waals surface area contributed by atoms with Gasteiger partial charge in [-0.05, 0) is 25.8 Å². The summed E-state index contributed by atoms with van der Waals surface area (Å²) in [6.45, 7) is 3.71. The molecule has 6 heteroatoms. The molecule has 1 aromatic rings. The third-order valence-corrected chi connectivity index (χ3v) is 3.84. The molecule has 1 heterocycles. The van der Waals surface area contributed by atoms with Gasteiger partial charge < -0.3 is 25.0 Å². The highest BCUT2D eigenvalue weighted by Gasteiger charge is 2.40. The zero-order chi connectivity index (χ0) is 16.2. The second-order valence-corrected chi connectivity index (χ2v) is 5.96. The summed E-state index contributed by atoms with van der Waals surface area (Å²) in [5.41, 5.74) is 1.02. The summed E-state index contributed by atoms with van der Waals surface area (Å²) in [5.74, 6) is -1.03. The molecule has 0 saturated carbocycles. The van der Waals surface area contributed by atoms with Crippen LogP contribution in [0.5, 0.6) is 0 Å². The molecule has 1 aliphatic heterocycles. The van der Waals surface area contributed by atoms with Gasteiger partial charge in [-0.3, -0.25) is 0 Å². The van der Waals surface area contributed by atoms with Gasteiger partial charge in [-0.2, -0.15) is 0 Å². The fourth-order valence-electron chi connectivity index (χ4n) is 2.77. The Labute approximate surface area is 130 Å². The first-order valence-corrected chi connectivity index (χ1v) is 7.37. The van der Waals surface area contributed by atoms with Crippen LogP contribution in [-0.2, 0) is 15.9 Å². The quantitative estimate of drug-likeness (QED) is 0.769. The molecule has 1 aromatic carbocycles. The van der Waals surface area contributed by atoms with Crippen LogP contribution in [0.2, 0.25) is 0 Å². The van der Waals surface area contributed by atoms with E-state index < -0.39 is 24.0 Å². The number of ether oxygens (including phenoxy) is 2. The molecule has 6 nitrogen and oxygen atoms in total. The summed E-state index contributed by atoms with van der Waals surface area (Å²) in [5, 5.41) is 21.2. The Balaban J connectivity index is 2.15. The zero-order valence-corrected chi connectivity index (χ0v) is 12.9. The summed E-state index contributed by atoms with van der Waals surface area (Å²) >= 11 is 0. The molecule has 0 aromatic heterocycles. The smallest absolute Gasteiger partial charge is 0.404 e. The first-order chi connectivity index (χ1) is 10.4. The van der Waals surface area contributed by atoms with Crippen LogP contribution in [0.4, 0.5) is 4.79 Å². The summed E-state index contributed by atoms with van der Waals surface area (Å²) in [6, 6.07) is 9.22. The van der Waals surface area contributed by atoms with E-state index in [0.29, 0.717) is 13.0 Å². The van der Waals surface area contributed by atoms with E-state index >= 15 is 0 Å². The van der Waals surface area contributed by atoms with E-state index in [9.17, 15) is 9.90 Å². The second kappa shape index (κ2) is 7.09. The number of amides is 1. The van der Waals surface area contributed by atoms with Crippen molar-refractivity contribution >= 4 is 6.09 Å². The third-order valence-electron chi connectivity index (χ3n) is 3.84. The number of rotatable bonds is 5. The average Bonchev–Trinajstić information content (AvgIpc) is 2.46. The van der Waals surface area contributed by atoms with E-state index in [1.165, 1.54) is 0 Å². The number of aliphatic hydroxyl groups excluding tert-OH is 1. The Bertz CT molecular complexity index is 491. The number of aliphatic hydroxyl groups is 1. The largest absolute Gasteiger partial charge is 0.465 e. The van der Waals surface area contributed by atoms with Crippen molar-refractivity contribution in [2.45, 2.75) is 38.2 Å². The Morgan fingerprint density at radius 2 is 2.09 bits per heavy atom. The highest BCUT2D eigenvalue weighted by molar-refractivity contribution is 5.65. The Morgan fingerprint density at radius 1 is 1.41 bits per heavy atom. The van der Waals surface area contributed by atoms with E-state index in [0.717, 1.165) is 5.56 Å². The van der Waals surface area contributed by atoms with Crippen LogP contribution >= 0.6 is 0 Å². The minimum Gasteiger partial charge on any atom is -0.465 e. The van der Waals surface area contributed by atoms with E-state index in [-0.39, 0.29) is 12.5 Å². The van der Waals surface area contributed by atoms with Crippen molar-refractivity contribution in [2.75, 3.05) is 13.2 Å². The minimum atomic E-state index is -1.09. The monoisotopic (exact) mass is 309 g/mol. The molecular formula is C16H23NO5. The fraction of sp³-hybridized carbons (Fsp3) is 0.562. The van der Waals surface area contributed by atoms with Crippen molar-refractivity contribution in [3.8, 4) is 0 Å². The van der Waals surface area contributed by atoms with Crippen molar-refractivity contribution in [3.63, 3.8) is 0 Å². The normalized spacial score (nSPS) is 25.4. The van der Waals surface area contributed by atoms with Gasteiger partial charge in [0.2, 0.25) is 0 Å². The molecule has 0 aliphatic carbocycles. The van der Waals surface area contributed by atoms with Crippen LogP contribution < -0.4 is 5.32 Å². The first kappa shape index (κ1) is 16.7. The molecule has 3 atom stereocenters. The van der Waals surface area contributed by atoms with Gasteiger partial charge in [0, 0.05) is 12.0 Å². The number of hydrogen-bond acceptors (Lipinski definition) is 4.